The third-order valence-corrected chi connectivity index (χ3v) is 3.34. The van der Waals surface area contributed by atoms with Crippen molar-refractivity contribution in [2.45, 2.75) is 13.3 Å². The number of amides is 1. The van der Waals surface area contributed by atoms with Gasteiger partial charge in [0.25, 0.3) is 5.91 Å². The molecule has 1 aromatic heterocycles. The third-order valence-electron chi connectivity index (χ3n) is 2.81. The lowest BCUT2D eigenvalue weighted by Gasteiger charge is -2.07. The van der Waals surface area contributed by atoms with Gasteiger partial charge in [0.1, 0.15) is 5.82 Å². The maximum atomic E-state index is 11.9. The summed E-state index contributed by atoms with van der Waals surface area (Å²) in [6.45, 7) is 3.25. The van der Waals surface area contributed by atoms with Gasteiger partial charge in [-0.05, 0) is 37.6 Å². The average molecular weight is 349 g/mol. The van der Waals surface area contributed by atoms with Crippen LogP contribution in [0.25, 0.3) is 0 Å². The Hall–Kier alpha value is -1.95. The van der Waals surface area contributed by atoms with Crippen LogP contribution in [0, 0.1) is 6.92 Å². The Kier molecular flexibility index (Phi) is 5.68. The summed E-state index contributed by atoms with van der Waals surface area (Å²) in [4.78, 5) is 20.2. The lowest BCUT2D eigenvalue weighted by atomic mass is 10.2. The Balaban J connectivity index is 1.68. The minimum atomic E-state index is -0.0575. The molecule has 0 aliphatic carbocycles. The molecule has 0 aliphatic rings. The molecule has 1 heterocycles. The molecule has 0 radical (unpaired) electrons. The van der Waals surface area contributed by atoms with Crippen LogP contribution in [0.15, 0.2) is 41.1 Å². The number of carbonyl (C=O) groups excluding carboxylic acids is 1. The summed E-state index contributed by atoms with van der Waals surface area (Å²) in [5.74, 6) is 0.701. The van der Waals surface area contributed by atoms with Gasteiger partial charge in [-0.15, -0.1) is 0 Å². The highest BCUT2D eigenvalue weighted by atomic mass is 79.9. The van der Waals surface area contributed by atoms with E-state index in [-0.39, 0.29) is 5.91 Å². The van der Waals surface area contributed by atoms with Crippen molar-refractivity contribution >= 4 is 27.7 Å². The van der Waals surface area contributed by atoms with Gasteiger partial charge in [-0.1, -0.05) is 15.9 Å². The van der Waals surface area contributed by atoms with Gasteiger partial charge in [-0.2, -0.15) is 0 Å². The van der Waals surface area contributed by atoms with Crippen LogP contribution in [0.4, 0.5) is 5.82 Å². The molecular formula is C15H17BrN4O. The van der Waals surface area contributed by atoms with E-state index >= 15 is 0 Å². The highest BCUT2D eigenvalue weighted by molar-refractivity contribution is 9.10. The van der Waals surface area contributed by atoms with E-state index in [0.717, 1.165) is 29.0 Å². The van der Waals surface area contributed by atoms with Crippen LogP contribution in [0.5, 0.6) is 0 Å². The molecule has 6 heteroatoms. The van der Waals surface area contributed by atoms with E-state index in [9.17, 15) is 4.79 Å². The standard InChI is InChI=1S/C15H17BrN4O/c1-11-9-17-10-14(20-11)18-7-2-8-19-15(21)12-3-5-13(16)6-4-12/h3-6,9-10H,2,7-8H2,1H3,(H,18,20)(H,19,21). The van der Waals surface area contributed by atoms with E-state index in [1.54, 1.807) is 24.5 Å². The van der Waals surface area contributed by atoms with Crippen molar-refractivity contribution in [2.24, 2.45) is 0 Å². The number of hydrogen-bond acceptors (Lipinski definition) is 4. The summed E-state index contributed by atoms with van der Waals surface area (Å²) >= 11 is 3.34. The largest absolute Gasteiger partial charge is 0.369 e. The van der Waals surface area contributed by atoms with Gasteiger partial charge < -0.3 is 10.6 Å². The normalized spacial score (nSPS) is 10.2. The topological polar surface area (TPSA) is 66.9 Å². The number of nitrogens with zero attached hydrogens (tertiary/aromatic N) is 2. The first kappa shape index (κ1) is 15.4. The maximum Gasteiger partial charge on any atom is 0.251 e. The summed E-state index contributed by atoms with van der Waals surface area (Å²) in [5.41, 5.74) is 1.54. The first-order valence-electron chi connectivity index (χ1n) is 6.71. The van der Waals surface area contributed by atoms with Gasteiger partial charge >= 0.3 is 0 Å². The lowest BCUT2D eigenvalue weighted by Crippen LogP contribution is -2.25. The van der Waals surface area contributed by atoms with Gasteiger partial charge in [-0.25, -0.2) is 4.98 Å². The van der Waals surface area contributed by atoms with Gasteiger partial charge in [-0.3, -0.25) is 9.78 Å². The number of aromatic nitrogens is 2. The number of carbonyl (C=O) groups is 1. The zero-order chi connectivity index (χ0) is 15.1. The van der Waals surface area contributed by atoms with Gasteiger partial charge in [0, 0.05) is 29.3 Å². The van der Waals surface area contributed by atoms with Crippen molar-refractivity contribution < 1.29 is 4.79 Å². The van der Waals surface area contributed by atoms with Crippen molar-refractivity contribution in [3.05, 3.63) is 52.4 Å². The first-order valence-corrected chi connectivity index (χ1v) is 7.51. The van der Waals surface area contributed by atoms with E-state index in [0.29, 0.717) is 12.1 Å². The molecule has 0 unspecified atom stereocenters. The number of hydrogen-bond donors (Lipinski definition) is 2. The first-order chi connectivity index (χ1) is 10.1. The van der Waals surface area contributed by atoms with Crippen LogP contribution in [0.2, 0.25) is 0 Å². The number of anilines is 1. The maximum absolute atomic E-state index is 11.9. The highest BCUT2D eigenvalue weighted by Crippen LogP contribution is 2.10. The Bertz CT molecular complexity index is 601. The fourth-order valence-electron chi connectivity index (χ4n) is 1.76. The van der Waals surface area contributed by atoms with Crippen molar-refractivity contribution in [2.75, 3.05) is 18.4 Å². The Morgan fingerprint density at radius 1 is 1.19 bits per heavy atom. The Labute approximate surface area is 132 Å². The number of aryl methyl sites for hydroxylation is 1. The number of rotatable bonds is 6. The van der Waals surface area contributed by atoms with Crippen LogP contribution < -0.4 is 10.6 Å². The molecule has 0 atom stereocenters. The Morgan fingerprint density at radius 3 is 2.67 bits per heavy atom. The molecule has 0 spiro atoms. The van der Waals surface area contributed by atoms with Crippen LogP contribution in [-0.4, -0.2) is 29.0 Å². The molecule has 0 saturated carbocycles. The summed E-state index contributed by atoms with van der Waals surface area (Å²) in [6.07, 6.45) is 4.22. The number of benzene rings is 1. The number of halogens is 1. The summed E-state index contributed by atoms with van der Waals surface area (Å²) in [6, 6.07) is 7.29. The van der Waals surface area contributed by atoms with Gasteiger partial charge in [0.15, 0.2) is 0 Å². The van der Waals surface area contributed by atoms with E-state index in [1.807, 2.05) is 19.1 Å². The van der Waals surface area contributed by atoms with E-state index in [2.05, 4.69) is 36.5 Å². The van der Waals surface area contributed by atoms with Crippen molar-refractivity contribution in [1.29, 1.82) is 0 Å². The quantitative estimate of drug-likeness (QED) is 0.787. The van der Waals surface area contributed by atoms with Gasteiger partial charge in [0.05, 0.1) is 11.9 Å². The zero-order valence-corrected chi connectivity index (χ0v) is 13.4. The Morgan fingerprint density at radius 2 is 1.95 bits per heavy atom. The number of nitrogens with one attached hydrogen (secondary N) is 2. The van der Waals surface area contributed by atoms with Crippen molar-refractivity contribution in [1.82, 2.24) is 15.3 Å². The van der Waals surface area contributed by atoms with Crippen molar-refractivity contribution in [3.63, 3.8) is 0 Å². The molecule has 0 bridgehead atoms. The van der Waals surface area contributed by atoms with Crippen molar-refractivity contribution in [3.8, 4) is 0 Å². The SMILES string of the molecule is Cc1cncc(NCCCNC(=O)c2ccc(Br)cc2)n1. The minimum Gasteiger partial charge on any atom is -0.369 e. The predicted octanol–water partition coefficient (Wildman–Crippen LogP) is 2.78. The summed E-state index contributed by atoms with van der Waals surface area (Å²) in [7, 11) is 0. The average Bonchev–Trinajstić information content (AvgIpc) is 2.47. The molecule has 2 aromatic rings. The van der Waals surface area contributed by atoms with Crippen LogP contribution in [0.3, 0.4) is 0 Å². The molecule has 110 valence electrons. The van der Waals surface area contributed by atoms with E-state index < -0.39 is 0 Å². The summed E-state index contributed by atoms with van der Waals surface area (Å²) < 4.78 is 0.961. The second-order valence-corrected chi connectivity index (χ2v) is 5.50. The molecule has 0 aliphatic heterocycles. The van der Waals surface area contributed by atoms with Crippen LogP contribution >= 0.6 is 15.9 Å². The van der Waals surface area contributed by atoms with Crippen LogP contribution in [-0.2, 0) is 0 Å². The van der Waals surface area contributed by atoms with E-state index in [4.69, 9.17) is 0 Å². The molecule has 2 N–H and O–H groups in total. The molecule has 1 aromatic carbocycles. The second kappa shape index (κ2) is 7.73. The molecule has 2 rings (SSSR count). The lowest BCUT2D eigenvalue weighted by molar-refractivity contribution is 0.0953. The molecule has 21 heavy (non-hydrogen) atoms. The van der Waals surface area contributed by atoms with E-state index in [1.165, 1.54) is 0 Å². The molecule has 1 amide bonds. The minimum absolute atomic E-state index is 0.0575. The zero-order valence-electron chi connectivity index (χ0n) is 11.8. The molecular weight excluding hydrogens is 332 g/mol. The predicted molar refractivity (Wildman–Crippen MR) is 86.4 cm³/mol. The second-order valence-electron chi connectivity index (χ2n) is 4.59. The molecule has 0 saturated heterocycles. The molecule has 5 nitrogen and oxygen atoms in total. The van der Waals surface area contributed by atoms with Crippen LogP contribution in [0.1, 0.15) is 22.5 Å². The fraction of sp³-hybridized carbons (Fsp3) is 0.267. The monoisotopic (exact) mass is 348 g/mol. The highest BCUT2D eigenvalue weighted by Gasteiger charge is 2.03. The smallest absolute Gasteiger partial charge is 0.251 e. The summed E-state index contributed by atoms with van der Waals surface area (Å²) in [5, 5.41) is 6.06. The molecule has 0 fully saturated rings. The third kappa shape index (κ3) is 5.15. The van der Waals surface area contributed by atoms with Gasteiger partial charge in [0.2, 0.25) is 0 Å². The fourth-order valence-corrected chi connectivity index (χ4v) is 2.02.